The van der Waals surface area contributed by atoms with Crippen LogP contribution >= 0.6 is 0 Å². The van der Waals surface area contributed by atoms with Crippen molar-refractivity contribution in [2.45, 2.75) is 6.92 Å². The van der Waals surface area contributed by atoms with Gasteiger partial charge < -0.3 is 15.0 Å². The number of aromatic amines is 1. The van der Waals surface area contributed by atoms with E-state index < -0.39 is 0 Å². The van der Waals surface area contributed by atoms with Gasteiger partial charge in [-0.1, -0.05) is 18.2 Å². The number of benzene rings is 1. The molecule has 1 aromatic carbocycles. The molecule has 146 valence electrons. The Morgan fingerprint density at radius 2 is 1.93 bits per heavy atom. The van der Waals surface area contributed by atoms with Crippen LogP contribution in [0.4, 0.5) is 11.6 Å². The number of morpholine rings is 1. The van der Waals surface area contributed by atoms with E-state index in [0.717, 1.165) is 40.9 Å². The van der Waals surface area contributed by atoms with E-state index in [1.54, 1.807) is 0 Å². The number of amides is 1. The highest BCUT2D eigenvalue weighted by atomic mass is 16.5. The summed E-state index contributed by atoms with van der Waals surface area (Å²) in [4.78, 5) is 24.5. The summed E-state index contributed by atoms with van der Waals surface area (Å²) in [5.74, 6) is 1.01. The fourth-order valence-corrected chi connectivity index (χ4v) is 3.58. The van der Waals surface area contributed by atoms with E-state index in [-0.39, 0.29) is 5.91 Å². The van der Waals surface area contributed by atoms with Crippen LogP contribution in [-0.2, 0) is 4.74 Å². The van der Waals surface area contributed by atoms with Gasteiger partial charge in [0.1, 0.15) is 5.82 Å². The van der Waals surface area contributed by atoms with E-state index in [1.807, 2.05) is 49.4 Å². The second-order valence-electron chi connectivity index (χ2n) is 7.02. The first-order chi connectivity index (χ1) is 14.2. The molecule has 3 aromatic heterocycles. The number of fused-ring (bicyclic) bond motifs is 2. The molecular formula is C21H20N6O2. The molecule has 4 aromatic rings. The molecule has 5 rings (SSSR count). The predicted octanol–water partition coefficient (Wildman–Crippen LogP) is 2.90. The first-order valence-electron chi connectivity index (χ1n) is 9.54. The Balaban J connectivity index is 1.54. The molecular weight excluding hydrogens is 368 g/mol. The van der Waals surface area contributed by atoms with Gasteiger partial charge in [0.2, 0.25) is 0 Å². The van der Waals surface area contributed by atoms with Gasteiger partial charge in [0.25, 0.3) is 5.91 Å². The van der Waals surface area contributed by atoms with Crippen LogP contribution in [0.1, 0.15) is 16.1 Å². The van der Waals surface area contributed by atoms with Crippen LogP contribution in [0.3, 0.4) is 0 Å². The van der Waals surface area contributed by atoms with Gasteiger partial charge >= 0.3 is 0 Å². The number of nitrogens with zero attached hydrogens (tertiary/aromatic N) is 4. The summed E-state index contributed by atoms with van der Waals surface area (Å²) >= 11 is 0. The number of H-pyrrole nitrogens is 1. The van der Waals surface area contributed by atoms with Gasteiger partial charge in [0.05, 0.1) is 29.7 Å². The first kappa shape index (κ1) is 17.6. The quantitative estimate of drug-likeness (QED) is 0.560. The van der Waals surface area contributed by atoms with E-state index in [0.29, 0.717) is 30.2 Å². The number of aromatic nitrogens is 4. The summed E-state index contributed by atoms with van der Waals surface area (Å²) < 4.78 is 5.44. The van der Waals surface area contributed by atoms with Gasteiger partial charge in [-0.3, -0.25) is 9.89 Å². The number of carbonyl (C=O) groups excluding carboxylic acids is 1. The zero-order valence-corrected chi connectivity index (χ0v) is 16.0. The lowest BCUT2D eigenvalue weighted by Gasteiger charge is -2.28. The lowest BCUT2D eigenvalue weighted by molar-refractivity contribution is 0.102. The third-order valence-corrected chi connectivity index (χ3v) is 5.08. The van der Waals surface area contributed by atoms with Crippen molar-refractivity contribution in [3.63, 3.8) is 0 Å². The molecule has 8 nitrogen and oxygen atoms in total. The Morgan fingerprint density at radius 3 is 2.79 bits per heavy atom. The zero-order valence-electron chi connectivity index (χ0n) is 16.0. The molecule has 0 aliphatic carbocycles. The van der Waals surface area contributed by atoms with Crippen molar-refractivity contribution in [3.05, 3.63) is 53.7 Å². The van der Waals surface area contributed by atoms with Gasteiger partial charge in [0, 0.05) is 24.2 Å². The summed E-state index contributed by atoms with van der Waals surface area (Å²) in [6.07, 6.45) is 0. The highest BCUT2D eigenvalue weighted by Gasteiger charge is 2.19. The average Bonchev–Trinajstić information content (AvgIpc) is 3.15. The number of carbonyl (C=O) groups is 1. The number of pyridine rings is 2. The lowest BCUT2D eigenvalue weighted by atomic mass is 10.1. The van der Waals surface area contributed by atoms with E-state index >= 15 is 0 Å². The Labute approximate surface area is 166 Å². The number of nitrogens with one attached hydrogen (secondary N) is 2. The number of rotatable bonds is 3. The topological polar surface area (TPSA) is 96.0 Å². The van der Waals surface area contributed by atoms with Crippen molar-refractivity contribution in [3.8, 4) is 0 Å². The minimum absolute atomic E-state index is 0.230. The summed E-state index contributed by atoms with van der Waals surface area (Å²) in [6.45, 7) is 4.72. The highest BCUT2D eigenvalue weighted by molar-refractivity contribution is 6.14. The average molecular weight is 388 g/mol. The monoisotopic (exact) mass is 388 g/mol. The second-order valence-corrected chi connectivity index (χ2v) is 7.02. The molecule has 1 fully saturated rings. The predicted molar refractivity (Wildman–Crippen MR) is 111 cm³/mol. The van der Waals surface area contributed by atoms with Crippen molar-refractivity contribution in [1.82, 2.24) is 20.2 Å². The molecule has 1 aliphatic rings. The van der Waals surface area contributed by atoms with Crippen molar-refractivity contribution >= 4 is 39.5 Å². The molecule has 0 saturated carbocycles. The summed E-state index contributed by atoms with van der Waals surface area (Å²) in [5, 5.41) is 11.6. The highest BCUT2D eigenvalue weighted by Crippen LogP contribution is 2.26. The molecule has 1 amide bonds. The fraction of sp³-hybridized carbons (Fsp3) is 0.238. The molecule has 1 saturated heterocycles. The van der Waals surface area contributed by atoms with E-state index in [1.165, 1.54) is 0 Å². The summed E-state index contributed by atoms with van der Waals surface area (Å²) in [6, 6.07) is 13.3. The van der Waals surface area contributed by atoms with Gasteiger partial charge in [-0.05, 0) is 31.2 Å². The fourth-order valence-electron chi connectivity index (χ4n) is 3.58. The Kier molecular flexibility index (Phi) is 4.33. The third-order valence-electron chi connectivity index (χ3n) is 5.08. The van der Waals surface area contributed by atoms with Crippen LogP contribution in [0, 0.1) is 6.92 Å². The Morgan fingerprint density at radius 1 is 1.10 bits per heavy atom. The number of hydrogen-bond donors (Lipinski definition) is 2. The minimum Gasteiger partial charge on any atom is -0.378 e. The number of hydrogen-bond acceptors (Lipinski definition) is 6. The first-order valence-corrected chi connectivity index (χ1v) is 9.54. The molecule has 1 aliphatic heterocycles. The number of aryl methyl sites for hydroxylation is 1. The van der Waals surface area contributed by atoms with Crippen LogP contribution < -0.4 is 10.2 Å². The summed E-state index contributed by atoms with van der Waals surface area (Å²) in [5.41, 5.74) is 2.88. The van der Waals surface area contributed by atoms with Gasteiger partial charge in [0.15, 0.2) is 11.5 Å². The smallest absolute Gasteiger partial charge is 0.257 e. The third kappa shape index (κ3) is 3.27. The molecule has 0 atom stereocenters. The SMILES string of the molecule is Cc1ccc2c(NC(=O)c3cc(N4CCOCC4)nc4ccccc34)n[nH]c2n1. The van der Waals surface area contributed by atoms with Crippen molar-refractivity contribution < 1.29 is 9.53 Å². The maximum Gasteiger partial charge on any atom is 0.257 e. The molecule has 8 heteroatoms. The maximum absolute atomic E-state index is 13.2. The van der Waals surface area contributed by atoms with E-state index in [4.69, 9.17) is 9.72 Å². The van der Waals surface area contributed by atoms with Gasteiger partial charge in [-0.15, -0.1) is 0 Å². The number of anilines is 2. The molecule has 2 N–H and O–H groups in total. The molecule has 29 heavy (non-hydrogen) atoms. The maximum atomic E-state index is 13.2. The van der Waals surface area contributed by atoms with Crippen LogP contribution in [-0.4, -0.2) is 52.4 Å². The minimum atomic E-state index is -0.230. The van der Waals surface area contributed by atoms with Crippen LogP contribution in [0.15, 0.2) is 42.5 Å². The van der Waals surface area contributed by atoms with Gasteiger partial charge in [-0.25, -0.2) is 9.97 Å². The molecule has 0 radical (unpaired) electrons. The van der Waals surface area contributed by atoms with Crippen molar-refractivity contribution in [1.29, 1.82) is 0 Å². The Bertz CT molecular complexity index is 1210. The molecule has 0 bridgehead atoms. The van der Waals surface area contributed by atoms with Crippen LogP contribution in [0.5, 0.6) is 0 Å². The molecule has 0 spiro atoms. The normalized spacial score (nSPS) is 14.4. The largest absolute Gasteiger partial charge is 0.378 e. The standard InChI is InChI=1S/C21H20N6O2/c1-13-6-7-15-19(22-13)25-26-20(15)24-21(28)16-12-18(27-8-10-29-11-9-27)23-17-5-3-2-4-14(16)17/h2-7,12H,8-11H2,1H3,(H2,22,24,25,26,28). The second kappa shape index (κ2) is 7.14. The van der Waals surface area contributed by atoms with E-state index in [2.05, 4.69) is 25.4 Å². The van der Waals surface area contributed by atoms with Crippen molar-refractivity contribution in [2.75, 3.05) is 36.5 Å². The Hall–Kier alpha value is -3.52. The lowest BCUT2D eigenvalue weighted by Crippen LogP contribution is -2.37. The van der Waals surface area contributed by atoms with E-state index in [9.17, 15) is 4.79 Å². The summed E-state index contributed by atoms with van der Waals surface area (Å²) in [7, 11) is 0. The van der Waals surface area contributed by atoms with Gasteiger partial charge in [-0.2, -0.15) is 5.10 Å². The zero-order chi connectivity index (χ0) is 19.8. The molecule has 4 heterocycles. The van der Waals surface area contributed by atoms with Crippen molar-refractivity contribution in [2.24, 2.45) is 0 Å². The number of ether oxygens (including phenoxy) is 1. The number of para-hydroxylation sites is 1. The molecule has 0 unspecified atom stereocenters. The van der Waals surface area contributed by atoms with Crippen LogP contribution in [0.25, 0.3) is 21.9 Å². The van der Waals surface area contributed by atoms with Crippen LogP contribution in [0.2, 0.25) is 0 Å².